The lowest BCUT2D eigenvalue weighted by Crippen LogP contribution is -2.04. The Hall–Kier alpha value is -2.18. The van der Waals surface area contributed by atoms with E-state index in [0.29, 0.717) is 18.9 Å². The van der Waals surface area contributed by atoms with Crippen LogP contribution in [0.1, 0.15) is 23.0 Å². The molecule has 0 N–H and O–H groups in total. The zero-order chi connectivity index (χ0) is 16.1. The fourth-order valence-electron chi connectivity index (χ4n) is 1.99. The minimum atomic E-state index is -0.381. The Bertz CT molecular complexity index is 780. The van der Waals surface area contributed by atoms with Crippen LogP contribution in [0.4, 0.5) is 0 Å². The maximum absolute atomic E-state index is 11.7. The summed E-state index contributed by atoms with van der Waals surface area (Å²) in [7, 11) is 0. The molecule has 6 heteroatoms. The number of carbonyl (C=O) groups is 1. The summed E-state index contributed by atoms with van der Waals surface area (Å²) < 4.78 is 10.8. The van der Waals surface area contributed by atoms with E-state index in [-0.39, 0.29) is 5.97 Å². The average Bonchev–Trinajstić information content (AvgIpc) is 3.23. The molecule has 0 aliphatic carbocycles. The first-order valence-electron chi connectivity index (χ1n) is 7.15. The molecule has 1 aromatic carbocycles. The summed E-state index contributed by atoms with van der Waals surface area (Å²) >= 11 is 3.03. The van der Waals surface area contributed by atoms with Crippen molar-refractivity contribution in [3.05, 3.63) is 58.4 Å². The molecule has 2 aromatic heterocycles. The van der Waals surface area contributed by atoms with Crippen LogP contribution >= 0.6 is 22.7 Å². The number of thiazole rings is 1. The molecule has 4 nitrogen and oxygen atoms in total. The molecule has 0 aliphatic heterocycles. The van der Waals surface area contributed by atoms with Gasteiger partial charge in [-0.25, -0.2) is 9.78 Å². The molecular weight excluding hydrogens is 330 g/mol. The number of hydrogen-bond donors (Lipinski definition) is 0. The third kappa shape index (κ3) is 3.78. The van der Waals surface area contributed by atoms with Gasteiger partial charge in [0.25, 0.3) is 0 Å². The summed E-state index contributed by atoms with van der Waals surface area (Å²) in [5.41, 5.74) is 1.42. The highest BCUT2D eigenvalue weighted by Crippen LogP contribution is 2.33. The molecule has 23 heavy (non-hydrogen) atoms. The van der Waals surface area contributed by atoms with Crippen molar-refractivity contribution in [1.82, 2.24) is 4.98 Å². The molecule has 0 bridgehead atoms. The third-order valence-electron chi connectivity index (χ3n) is 3.07. The van der Waals surface area contributed by atoms with Crippen LogP contribution in [0, 0.1) is 0 Å². The Morgan fingerprint density at radius 3 is 2.78 bits per heavy atom. The second-order valence-electron chi connectivity index (χ2n) is 4.64. The van der Waals surface area contributed by atoms with Gasteiger partial charge in [0.15, 0.2) is 5.69 Å². The zero-order valence-electron chi connectivity index (χ0n) is 12.5. The highest BCUT2D eigenvalue weighted by atomic mass is 32.1. The van der Waals surface area contributed by atoms with Gasteiger partial charge in [-0.05, 0) is 30.5 Å². The molecule has 0 radical (unpaired) electrons. The van der Waals surface area contributed by atoms with Crippen LogP contribution in [0.15, 0.2) is 47.2 Å². The number of esters is 1. The molecule has 0 fully saturated rings. The molecule has 118 valence electrons. The average molecular weight is 345 g/mol. The van der Waals surface area contributed by atoms with Gasteiger partial charge in [-0.1, -0.05) is 18.2 Å². The second kappa shape index (κ2) is 7.39. The Balaban J connectivity index is 1.74. The van der Waals surface area contributed by atoms with Gasteiger partial charge >= 0.3 is 5.97 Å². The van der Waals surface area contributed by atoms with Gasteiger partial charge < -0.3 is 9.47 Å². The van der Waals surface area contributed by atoms with Crippen molar-refractivity contribution in [1.29, 1.82) is 0 Å². The van der Waals surface area contributed by atoms with Gasteiger partial charge in [-0.3, -0.25) is 0 Å². The first-order valence-corrected chi connectivity index (χ1v) is 8.91. The monoisotopic (exact) mass is 345 g/mol. The van der Waals surface area contributed by atoms with Crippen LogP contribution in [0.3, 0.4) is 0 Å². The highest BCUT2D eigenvalue weighted by Gasteiger charge is 2.16. The Kier molecular flexibility index (Phi) is 5.05. The van der Waals surface area contributed by atoms with E-state index in [1.54, 1.807) is 23.6 Å². The van der Waals surface area contributed by atoms with Crippen molar-refractivity contribution in [2.45, 2.75) is 13.5 Å². The van der Waals surface area contributed by atoms with E-state index in [1.165, 1.54) is 11.3 Å². The van der Waals surface area contributed by atoms with Crippen LogP contribution in [-0.4, -0.2) is 17.6 Å². The lowest BCUT2D eigenvalue weighted by molar-refractivity contribution is 0.0520. The van der Waals surface area contributed by atoms with Gasteiger partial charge in [-0.15, -0.1) is 22.7 Å². The highest BCUT2D eigenvalue weighted by molar-refractivity contribution is 7.20. The van der Waals surface area contributed by atoms with E-state index >= 15 is 0 Å². The van der Waals surface area contributed by atoms with Gasteiger partial charge in [-0.2, -0.15) is 0 Å². The molecule has 2 heterocycles. The van der Waals surface area contributed by atoms with Gasteiger partial charge in [0, 0.05) is 10.9 Å². The van der Waals surface area contributed by atoms with E-state index in [4.69, 9.17) is 9.47 Å². The van der Waals surface area contributed by atoms with Crippen LogP contribution < -0.4 is 4.74 Å². The first kappa shape index (κ1) is 15.7. The first-order chi connectivity index (χ1) is 11.3. The van der Waals surface area contributed by atoms with Crippen molar-refractivity contribution in [2.24, 2.45) is 0 Å². The fourth-order valence-corrected chi connectivity index (χ4v) is 3.83. The van der Waals surface area contributed by atoms with E-state index < -0.39 is 0 Å². The van der Waals surface area contributed by atoms with Gasteiger partial charge in [0.1, 0.15) is 17.4 Å². The van der Waals surface area contributed by atoms with Crippen LogP contribution in [-0.2, 0) is 11.3 Å². The number of nitrogens with zero attached hydrogens (tertiary/aromatic N) is 1. The van der Waals surface area contributed by atoms with Crippen LogP contribution in [0.25, 0.3) is 9.88 Å². The van der Waals surface area contributed by atoms with E-state index in [1.807, 2.05) is 41.8 Å². The Morgan fingerprint density at radius 1 is 1.17 bits per heavy atom. The second-order valence-corrected chi connectivity index (χ2v) is 6.41. The van der Waals surface area contributed by atoms with Crippen molar-refractivity contribution >= 4 is 28.6 Å². The van der Waals surface area contributed by atoms with Gasteiger partial charge in [0.2, 0.25) is 0 Å². The van der Waals surface area contributed by atoms with E-state index in [9.17, 15) is 4.79 Å². The molecule has 3 aromatic rings. The van der Waals surface area contributed by atoms with Crippen molar-refractivity contribution < 1.29 is 14.3 Å². The molecular formula is C17H15NO3S2. The number of hydrogen-bond acceptors (Lipinski definition) is 6. The molecule has 0 unspecified atom stereocenters. The van der Waals surface area contributed by atoms with Crippen molar-refractivity contribution in [2.75, 3.05) is 6.61 Å². The smallest absolute Gasteiger partial charge is 0.357 e. The molecule has 3 rings (SSSR count). The SMILES string of the molecule is CCOC(=O)c1csc(-c2sccc2COc2ccccc2)n1. The lowest BCUT2D eigenvalue weighted by atomic mass is 10.3. The Morgan fingerprint density at radius 2 is 2.00 bits per heavy atom. The molecule has 0 aliphatic rings. The maximum Gasteiger partial charge on any atom is 0.357 e. The predicted molar refractivity (Wildman–Crippen MR) is 92.2 cm³/mol. The maximum atomic E-state index is 11.7. The quantitative estimate of drug-likeness (QED) is 0.611. The minimum absolute atomic E-state index is 0.348. The third-order valence-corrected chi connectivity index (χ3v) is 5.02. The summed E-state index contributed by atoms with van der Waals surface area (Å²) in [6.45, 7) is 2.60. The lowest BCUT2D eigenvalue weighted by Gasteiger charge is -2.05. The van der Waals surface area contributed by atoms with Crippen molar-refractivity contribution in [3.8, 4) is 15.6 Å². The minimum Gasteiger partial charge on any atom is -0.489 e. The van der Waals surface area contributed by atoms with Crippen LogP contribution in [0.5, 0.6) is 5.75 Å². The summed E-state index contributed by atoms with van der Waals surface area (Å²) in [5, 5.41) is 4.55. The molecule has 0 amide bonds. The van der Waals surface area contributed by atoms with Crippen LogP contribution in [0.2, 0.25) is 0 Å². The van der Waals surface area contributed by atoms with E-state index in [2.05, 4.69) is 4.98 Å². The number of para-hydroxylation sites is 1. The largest absolute Gasteiger partial charge is 0.489 e. The normalized spacial score (nSPS) is 10.5. The molecule has 0 atom stereocenters. The topological polar surface area (TPSA) is 48.4 Å². The van der Waals surface area contributed by atoms with Gasteiger partial charge in [0.05, 0.1) is 11.5 Å². The standard InChI is InChI=1S/C17H15NO3S2/c1-2-20-17(19)14-11-23-16(18-14)15-12(8-9-22-15)10-21-13-6-4-3-5-7-13/h3-9,11H,2,10H2,1H3. The summed E-state index contributed by atoms with van der Waals surface area (Å²) in [6.07, 6.45) is 0. The summed E-state index contributed by atoms with van der Waals surface area (Å²) in [5.74, 6) is 0.449. The number of thiophene rings is 1. The number of ether oxygens (including phenoxy) is 2. The number of benzene rings is 1. The summed E-state index contributed by atoms with van der Waals surface area (Å²) in [6, 6.07) is 11.7. The van der Waals surface area contributed by atoms with Crippen molar-refractivity contribution in [3.63, 3.8) is 0 Å². The predicted octanol–water partition coefficient (Wildman–Crippen LogP) is 4.63. The van der Waals surface area contributed by atoms with E-state index in [0.717, 1.165) is 21.2 Å². The molecule has 0 saturated carbocycles. The zero-order valence-corrected chi connectivity index (χ0v) is 14.2. The number of aromatic nitrogens is 1. The number of carbonyl (C=O) groups excluding carboxylic acids is 1. The number of rotatable bonds is 6. The molecule has 0 spiro atoms. The Labute approximate surface area is 142 Å². The molecule has 0 saturated heterocycles. The summed E-state index contributed by atoms with van der Waals surface area (Å²) in [4.78, 5) is 17.1. The fraction of sp³-hybridized carbons (Fsp3) is 0.176.